The first-order chi connectivity index (χ1) is 13.1. The third kappa shape index (κ3) is 5.74. The molecule has 0 radical (unpaired) electrons. The number of ether oxygens (including phenoxy) is 1. The van der Waals surface area contributed by atoms with E-state index in [0.29, 0.717) is 19.7 Å². The van der Waals surface area contributed by atoms with Gasteiger partial charge >= 0.3 is 0 Å². The van der Waals surface area contributed by atoms with Crippen molar-refractivity contribution in [2.24, 2.45) is 4.99 Å². The van der Waals surface area contributed by atoms with E-state index in [2.05, 4.69) is 55.6 Å². The van der Waals surface area contributed by atoms with Crippen LogP contribution in [0.3, 0.4) is 0 Å². The molecule has 0 aliphatic carbocycles. The van der Waals surface area contributed by atoms with E-state index in [9.17, 15) is 0 Å². The maximum Gasteiger partial charge on any atom is 0.191 e. The molecule has 6 heteroatoms. The van der Waals surface area contributed by atoms with E-state index in [1.54, 1.807) is 0 Å². The Morgan fingerprint density at radius 2 is 1.96 bits per heavy atom. The number of aromatic nitrogens is 1. The van der Waals surface area contributed by atoms with Gasteiger partial charge in [-0.2, -0.15) is 0 Å². The second-order valence-electron chi connectivity index (χ2n) is 6.32. The summed E-state index contributed by atoms with van der Waals surface area (Å²) < 4.78 is 11.0. The highest BCUT2D eigenvalue weighted by molar-refractivity contribution is 5.79. The zero-order valence-corrected chi connectivity index (χ0v) is 17.2. The number of nitrogens with one attached hydrogen (secondary N) is 2. The van der Waals surface area contributed by atoms with Gasteiger partial charge in [-0.15, -0.1) is 0 Å². The van der Waals surface area contributed by atoms with Crippen molar-refractivity contribution >= 4 is 5.96 Å². The lowest BCUT2D eigenvalue weighted by Gasteiger charge is -2.12. The highest BCUT2D eigenvalue weighted by Crippen LogP contribution is 2.19. The molecule has 27 heavy (non-hydrogen) atoms. The molecule has 1 aromatic carbocycles. The maximum absolute atomic E-state index is 5.60. The van der Waals surface area contributed by atoms with Gasteiger partial charge in [-0.25, -0.2) is 4.99 Å². The van der Waals surface area contributed by atoms with Crippen LogP contribution in [-0.4, -0.2) is 24.3 Å². The van der Waals surface area contributed by atoms with Crippen LogP contribution >= 0.6 is 0 Å². The number of rotatable bonds is 9. The van der Waals surface area contributed by atoms with Crippen LogP contribution in [0.25, 0.3) is 0 Å². The van der Waals surface area contributed by atoms with Crippen LogP contribution in [0.15, 0.2) is 27.7 Å². The molecule has 0 saturated heterocycles. The fourth-order valence-corrected chi connectivity index (χ4v) is 2.95. The van der Waals surface area contributed by atoms with Crippen molar-refractivity contribution in [2.75, 3.05) is 13.2 Å². The molecule has 0 aliphatic rings. The summed E-state index contributed by atoms with van der Waals surface area (Å²) in [6, 6.07) is 6.21. The van der Waals surface area contributed by atoms with Crippen LogP contribution in [0.5, 0.6) is 5.75 Å². The van der Waals surface area contributed by atoms with Crippen molar-refractivity contribution in [1.82, 2.24) is 15.8 Å². The molecule has 1 heterocycles. The third-order valence-electron chi connectivity index (χ3n) is 4.34. The fourth-order valence-electron chi connectivity index (χ4n) is 2.95. The quantitative estimate of drug-likeness (QED) is 0.518. The first-order valence-corrected chi connectivity index (χ1v) is 9.83. The lowest BCUT2D eigenvalue weighted by molar-refractivity contribution is 0.338. The molecule has 0 atom stereocenters. The molecule has 0 saturated carbocycles. The predicted molar refractivity (Wildman–Crippen MR) is 109 cm³/mol. The van der Waals surface area contributed by atoms with E-state index in [4.69, 9.17) is 14.3 Å². The van der Waals surface area contributed by atoms with E-state index in [0.717, 1.165) is 59.2 Å². The van der Waals surface area contributed by atoms with Crippen molar-refractivity contribution < 1.29 is 9.26 Å². The number of hydrogen-bond donors (Lipinski definition) is 2. The molecule has 0 amide bonds. The average molecular weight is 373 g/mol. The molecule has 2 N–H and O–H groups in total. The summed E-state index contributed by atoms with van der Waals surface area (Å²) in [6.45, 7) is 13.0. The minimum atomic E-state index is 0.605. The topological polar surface area (TPSA) is 71.7 Å². The molecule has 6 nitrogen and oxygen atoms in total. The minimum absolute atomic E-state index is 0.605. The molecule has 0 unspecified atom stereocenters. The molecule has 1 aromatic heterocycles. The van der Waals surface area contributed by atoms with E-state index in [1.165, 1.54) is 0 Å². The van der Waals surface area contributed by atoms with Crippen LogP contribution in [-0.2, 0) is 25.9 Å². The van der Waals surface area contributed by atoms with Crippen molar-refractivity contribution in [3.8, 4) is 5.75 Å². The normalized spacial score (nSPS) is 11.5. The fraction of sp³-hybridized carbons (Fsp3) is 0.524. The molecule has 148 valence electrons. The number of benzene rings is 1. The van der Waals surface area contributed by atoms with E-state index in [-0.39, 0.29) is 0 Å². The summed E-state index contributed by atoms with van der Waals surface area (Å²) in [6.07, 6.45) is 1.70. The molecular weight excluding hydrogens is 340 g/mol. The first kappa shape index (κ1) is 20.8. The van der Waals surface area contributed by atoms with Crippen LogP contribution in [0.1, 0.15) is 55.8 Å². The molecule has 0 fully saturated rings. The standard InChI is InChI=1S/C21H32N4O2/c1-6-18-17(19(7-2)27-25-18)14-24-21(22-8-3)23-13-16-10-11-20(26-9-4)15(5)12-16/h10-12H,6-9,13-14H2,1-5H3,(H2,22,23,24). The molecule has 0 spiro atoms. The zero-order valence-electron chi connectivity index (χ0n) is 17.2. The van der Waals surface area contributed by atoms with Crippen LogP contribution < -0.4 is 15.4 Å². The summed E-state index contributed by atoms with van der Waals surface area (Å²) in [5.74, 6) is 2.66. The lowest BCUT2D eigenvalue weighted by atomic mass is 10.1. The molecule has 2 aromatic rings. The lowest BCUT2D eigenvalue weighted by Crippen LogP contribution is -2.37. The summed E-state index contributed by atoms with van der Waals surface area (Å²) in [4.78, 5) is 4.71. The van der Waals surface area contributed by atoms with Gasteiger partial charge in [0.1, 0.15) is 11.5 Å². The van der Waals surface area contributed by atoms with Crippen molar-refractivity contribution in [2.45, 2.75) is 60.5 Å². The smallest absolute Gasteiger partial charge is 0.191 e. The summed E-state index contributed by atoms with van der Waals surface area (Å²) in [7, 11) is 0. The number of guanidine groups is 1. The molecule has 0 aliphatic heterocycles. The van der Waals surface area contributed by atoms with Gasteiger partial charge in [0.15, 0.2) is 5.96 Å². The largest absolute Gasteiger partial charge is 0.494 e. The third-order valence-corrected chi connectivity index (χ3v) is 4.34. The van der Waals surface area contributed by atoms with E-state index in [1.807, 2.05) is 13.0 Å². The zero-order chi connectivity index (χ0) is 19.6. The van der Waals surface area contributed by atoms with Gasteiger partial charge in [-0.05, 0) is 44.4 Å². The predicted octanol–water partition coefficient (Wildman–Crippen LogP) is 3.76. The Labute approximate surface area is 162 Å². The Bertz CT molecular complexity index is 731. The van der Waals surface area contributed by atoms with Gasteiger partial charge in [0.2, 0.25) is 0 Å². The van der Waals surface area contributed by atoms with Gasteiger partial charge in [0.05, 0.1) is 18.8 Å². The summed E-state index contributed by atoms with van der Waals surface area (Å²) >= 11 is 0. The number of hydrogen-bond acceptors (Lipinski definition) is 4. The molecule has 0 bridgehead atoms. The van der Waals surface area contributed by atoms with Gasteiger partial charge in [-0.1, -0.05) is 31.1 Å². The Morgan fingerprint density at radius 3 is 2.59 bits per heavy atom. The van der Waals surface area contributed by atoms with Crippen molar-refractivity contribution in [3.63, 3.8) is 0 Å². The summed E-state index contributed by atoms with van der Waals surface area (Å²) in [5, 5.41) is 10.9. The first-order valence-electron chi connectivity index (χ1n) is 9.83. The van der Waals surface area contributed by atoms with Crippen LogP contribution in [0, 0.1) is 6.92 Å². The van der Waals surface area contributed by atoms with Crippen LogP contribution in [0.2, 0.25) is 0 Å². The Balaban J connectivity index is 2.06. The Kier molecular flexibility index (Phi) is 8.17. The average Bonchev–Trinajstić information content (AvgIpc) is 3.08. The number of nitrogens with zero attached hydrogens (tertiary/aromatic N) is 2. The van der Waals surface area contributed by atoms with E-state index >= 15 is 0 Å². The van der Waals surface area contributed by atoms with Crippen molar-refractivity contribution in [3.05, 3.63) is 46.3 Å². The molecule has 2 rings (SSSR count). The minimum Gasteiger partial charge on any atom is -0.494 e. The second-order valence-corrected chi connectivity index (χ2v) is 6.32. The molecular formula is C21H32N4O2. The Morgan fingerprint density at radius 1 is 1.15 bits per heavy atom. The SMILES string of the molecule is CCNC(=NCc1ccc(OCC)c(C)c1)NCc1c(CC)noc1CC. The monoisotopic (exact) mass is 372 g/mol. The van der Waals surface area contributed by atoms with Gasteiger partial charge in [-0.3, -0.25) is 0 Å². The van der Waals surface area contributed by atoms with Crippen molar-refractivity contribution in [1.29, 1.82) is 0 Å². The Hall–Kier alpha value is -2.50. The maximum atomic E-state index is 5.60. The van der Waals surface area contributed by atoms with Crippen LogP contribution in [0.4, 0.5) is 0 Å². The number of aryl methyl sites for hydroxylation is 3. The highest BCUT2D eigenvalue weighted by atomic mass is 16.5. The highest BCUT2D eigenvalue weighted by Gasteiger charge is 2.13. The van der Waals surface area contributed by atoms with Gasteiger partial charge < -0.3 is 19.9 Å². The number of aliphatic imine (C=N–C) groups is 1. The summed E-state index contributed by atoms with van der Waals surface area (Å²) in [5.41, 5.74) is 4.44. The second kappa shape index (κ2) is 10.6. The van der Waals surface area contributed by atoms with E-state index < -0.39 is 0 Å². The van der Waals surface area contributed by atoms with Gasteiger partial charge in [0.25, 0.3) is 0 Å². The van der Waals surface area contributed by atoms with Gasteiger partial charge in [0, 0.05) is 25.1 Å².